The van der Waals surface area contributed by atoms with Crippen LogP contribution in [0.15, 0.2) is 53.4 Å². The fourth-order valence-corrected chi connectivity index (χ4v) is 2.54. The second-order valence-electron chi connectivity index (χ2n) is 4.00. The van der Waals surface area contributed by atoms with E-state index in [-0.39, 0.29) is 5.56 Å². The van der Waals surface area contributed by atoms with Crippen LogP contribution in [0.5, 0.6) is 0 Å². The van der Waals surface area contributed by atoms with Gasteiger partial charge in [0.2, 0.25) is 0 Å². The summed E-state index contributed by atoms with van der Waals surface area (Å²) in [6.07, 6.45) is -4.33. The van der Waals surface area contributed by atoms with Crippen molar-refractivity contribution in [1.29, 1.82) is 0 Å². The van der Waals surface area contributed by atoms with Gasteiger partial charge in [-0.1, -0.05) is 37.3 Å². The fraction of sp³-hybridized carbons (Fsp3) is 0.200. The highest BCUT2D eigenvalue weighted by Gasteiger charge is 2.33. The Morgan fingerprint density at radius 3 is 2.16 bits per heavy atom. The molecule has 0 aliphatic heterocycles. The first kappa shape index (κ1) is 14.0. The Balaban J connectivity index is 2.42. The van der Waals surface area contributed by atoms with Crippen molar-refractivity contribution in [2.75, 3.05) is 5.75 Å². The number of benzene rings is 2. The normalized spacial score (nSPS) is 11.6. The van der Waals surface area contributed by atoms with Crippen molar-refractivity contribution in [3.05, 3.63) is 54.1 Å². The maximum absolute atomic E-state index is 12.9. The Morgan fingerprint density at radius 1 is 0.947 bits per heavy atom. The molecular formula is C15H13F3S. The average molecular weight is 282 g/mol. The Labute approximate surface area is 114 Å². The highest BCUT2D eigenvalue weighted by atomic mass is 32.2. The number of hydrogen-bond acceptors (Lipinski definition) is 1. The monoisotopic (exact) mass is 282 g/mol. The molecular weight excluding hydrogens is 269 g/mol. The minimum absolute atomic E-state index is 0.225. The first-order valence-corrected chi connectivity index (χ1v) is 6.90. The van der Waals surface area contributed by atoms with Gasteiger partial charge in [-0.2, -0.15) is 13.2 Å². The maximum atomic E-state index is 12.9. The highest BCUT2D eigenvalue weighted by molar-refractivity contribution is 7.99. The third kappa shape index (κ3) is 3.32. The van der Waals surface area contributed by atoms with Crippen LogP contribution in [0, 0.1) is 0 Å². The minimum Gasteiger partial charge on any atom is -0.166 e. The van der Waals surface area contributed by atoms with Crippen molar-refractivity contribution < 1.29 is 13.2 Å². The van der Waals surface area contributed by atoms with Gasteiger partial charge in [-0.25, -0.2) is 0 Å². The number of thioether (sulfide) groups is 1. The summed E-state index contributed by atoms with van der Waals surface area (Å²) in [5, 5.41) is 0. The SMILES string of the molecule is CCSc1ccc(-c2ccccc2C(F)(F)F)cc1. The van der Waals surface area contributed by atoms with Gasteiger partial charge in [0.05, 0.1) is 5.56 Å². The highest BCUT2D eigenvalue weighted by Crippen LogP contribution is 2.37. The molecule has 0 heterocycles. The lowest BCUT2D eigenvalue weighted by molar-refractivity contribution is -0.137. The Hall–Kier alpha value is -1.42. The van der Waals surface area contributed by atoms with Crippen LogP contribution in [-0.4, -0.2) is 5.75 Å². The molecule has 100 valence electrons. The topological polar surface area (TPSA) is 0 Å². The lowest BCUT2D eigenvalue weighted by Crippen LogP contribution is -2.06. The fourth-order valence-electron chi connectivity index (χ4n) is 1.88. The molecule has 0 atom stereocenters. The molecule has 0 aromatic heterocycles. The van der Waals surface area contributed by atoms with Gasteiger partial charge in [-0.05, 0) is 35.1 Å². The smallest absolute Gasteiger partial charge is 0.166 e. The molecule has 0 nitrogen and oxygen atoms in total. The number of rotatable bonds is 3. The predicted molar refractivity (Wildman–Crippen MR) is 73.3 cm³/mol. The summed E-state index contributed by atoms with van der Waals surface area (Å²) in [6, 6.07) is 12.8. The molecule has 0 bridgehead atoms. The zero-order valence-electron chi connectivity index (χ0n) is 10.4. The van der Waals surface area contributed by atoms with Gasteiger partial charge < -0.3 is 0 Å². The molecule has 2 aromatic rings. The molecule has 0 saturated carbocycles. The molecule has 0 aliphatic rings. The average Bonchev–Trinajstić information content (AvgIpc) is 2.39. The lowest BCUT2D eigenvalue weighted by atomic mass is 9.99. The van der Waals surface area contributed by atoms with E-state index >= 15 is 0 Å². The molecule has 0 saturated heterocycles. The van der Waals surface area contributed by atoms with Crippen LogP contribution in [0.25, 0.3) is 11.1 Å². The second kappa shape index (κ2) is 5.70. The van der Waals surface area contributed by atoms with E-state index in [0.717, 1.165) is 16.7 Å². The quantitative estimate of drug-likeness (QED) is 0.671. The molecule has 0 spiro atoms. The van der Waals surface area contributed by atoms with Gasteiger partial charge in [0, 0.05) is 4.90 Å². The summed E-state index contributed by atoms with van der Waals surface area (Å²) in [5.74, 6) is 0.943. The van der Waals surface area contributed by atoms with Gasteiger partial charge in [-0.15, -0.1) is 11.8 Å². The molecule has 0 unspecified atom stereocenters. The summed E-state index contributed by atoms with van der Waals surface area (Å²) in [7, 11) is 0. The maximum Gasteiger partial charge on any atom is 0.417 e. The molecule has 2 aromatic carbocycles. The minimum atomic E-state index is -4.33. The van der Waals surface area contributed by atoms with Gasteiger partial charge in [0.25, 0.3) is 0 Å². The number of alkyl halides is 3. The van der Waals surface area contributed by atoms with Gasteiger partial charge >= 0.3 is 6.18 Å². The van der Waals surface area contributed by atoms with E-state index < -0.39 is 11.7 Å². The van der Waals surface area contributed by atoms with E-state index in [1.54, 1.807) is 30.0 Å². The van der Waals surface area contributed by atoms with Crippen molar-refractivity contribution in [2.24, 2.45) is 0 Å². The summed E-state index contributed by atoms with van der Waals surface area (Å²) in [5.41, 5.74) is 0.224. The van der Waals surface area contributed by atoms with E-state index in [4.69, 9.17) is 0 Å². The van der Waals surface area contributed by atoms with E-state index in [1.165, 1.54) is 12.1 Å². The molecule has 4 heteroatoms. The predicted octanol–water partition coefficient (Wildman–Crippen LogP) is 5.48. The standard InChI is InChI=1S/C15H13F3S/c1-2-19-12-9-7-11(8-10-12)13-5-3-4-6-14(13)15(16,17)18/h3-10H,2H2,1H3. The number of hydrogen-bond donors (Lipinski definition) is 0. The van der Waals surface area contributed by atoms with Crippen molar-refractivity contribution in [3.63, 3.8) is 0 Å². The molecule has 0 aliphatic carbocycles. The van der Waals surface area contributed by atoms with Crippen molar-refractivity contribution in [1.82, 2.24) is 0 Å². The molecule has 0 amide bonds. The van der Waals surface area contributed by atoms with Crippen molar-refractivity contribution in [3.8, 4) is 11.1 Å². The van der Waals surface area contributed by atoms with Crippen LogP contribution in [0.3, 0.4) is 0 Å². The Morgan fingerprint density at radius 2 is 1.58 bits per heavy atom. The Kier molecular flexibility index (Phi) is 4.20. The number of halogens is 3. The van der Waals surface area contributed by atoms with Crippen LogP contribution >= 0.6 is 11.8 Å². The van der Waals surface area contributed by atoms with Gasteiger partial charge in [0.1, 0.15) is 0 Å². The van der Waals surface area contributed by atoms with Crippen LogP contribution in [0.2, 0.25) is 0 Å². The Bertz CT molecular complexity index is 544. The van der Waals surface area contributed by atoms with E-state index in [9.17, 15) is 13.2 Å². The summed E-state index contributed by atoms with van der Waals surface area (Å²) >= 11 is 1.67. The molecule has 0 N–H and O–H groups in total. The largest absolute Gasteiger partial charge is 0.417 e. The lowest BCUT2D eigenvalue weighted by Gasteiger charge is -2.13. The van der Waals surface area contributed by atoms with Crippen LogP contribution in [0.4, 0.5) is 13.2 Å². The molecule has 2 rings (SSSR count). The van der Waals surface area contributed by atoms with Crippen LogP contribution in [0.1, 0.15) is 12.5 Å². The third-order valence-electron chi connectivity index (χ3n) is 2.71. The summed E-state index contributed by atoms with van der Waals surface area (Å²) < 4.78 is 38.8. The van der Waals surface area contributed by atoms with Crippen LogP contribution in [-0.2, 0) is 6.18 Å². The van der Waals surface area contributed by atoms with E-state index in [2.05, 4.69) is 0 Å². The van der Waals surface area contributed by atoms with Crippen LogP contribution < -0.4 is 0 Å². The van der Waals surface area contributed by atoms with E-state index in [1.807, 2.05) is 19.1 Å². The van der Waals surface area contributed by atoms with Gasteiger partial charge in [-0.3, -0.25) is 0 Å². The molecule has 19 heavy (non-hydrogen) atoms. The van der Waals surface area contributed by atoms with E-state index in [0.29, 0.717) is 5.56 Å². The first-order valence-electron chi connectivity index (χ1n) is 5.92. The summed E-state index contributed by atoms with van der Waals surface area (Å²) in [4.78, 5) is 1.07. The third-order valence-corrected chi connectivity index (χ3v) is 3.60. The molecule has 0 radical (unpaired) electrons. The molecule has 0 fully saturated rings. The van der Waals surface area contributed by atoms with Crippen molar-refractivity contribution in [2.45, 2.75) is 18.0 Å². The zero-order chi connectivity index (χ0) is 13.9. The van der Waals surface area contributed by atoms with Crippen molar-refractivity contribution >= 4 is 11.8 Å². The second-order valence-corrected chi connectivity index (χ2v) is 5.34. The zero-order valence-corrected chi connectivity index (χ0v) is 11.2. The first-order chi connectivity index (χ1) is 9.02. The summed E-state index contributed by atoms with van der Waals surface area (Å²) in [6.45, 7) is 2.04. The van der Waals surface area contributed by atoms with Gasteiger partial charge in [0.15, 0.2) is 0 Å².